The average molecular weight is 295 g/mol. The Morgan fingerprint density at radius 1 is 1.52 bits per heavy atom. The van der Waals surface area contributed by atoms with Crippen LogP contribution >= 0.6 is 0 Å². The molecule has 0 aromatic carbocycles. The lowest BCUT2D eigenvalue weighted by Gasteiger charge is -2.34. The number of hydrogen-bond donors (Lipinski definition) is 1. The van der Waals surface area contributed by atoms with Gasteiger partial charge in [-0.05, 0) is 18.6 Å². The van der Waals surface area contributed by atoms with E-state index in [0.717, 1.165) is 12.5 Å². The predicted octanol–water partition coefficient (Wildman–Crippen LogP) is 0.588. The number of aromatic nitrogens is 1. The van der Waals surface area contributed by atoms with Gasteiger partial charge in [0.1, 0.15) is 6.04 Å². The fourth-order valence-electron chi connectivity index (χ4n) is 2.10. The number of carbonyl (C=O) groups is 2. The molecule has 2 rings (SSSR count). The van der Waals surface area contributed by atoms with Crippen molar-refractivity contribution in [2.75, 3.05) is 26.3 Å². The van der Waals surface area contributed by atoms with Gasteiger partial charge in [-0.25, -0.2) is 4.98 Å². The van der Waals surface area contributed by atoms with Gasteiger partial charge in [-0.3, -0.25) is 9.59 Å². The summed E-state index contributed by atoms with van der Waals surface area (Å²) < 4.78 is 18.1. The molecule has 0 saturated carbocycles. The third-order valence-electron chi connectivity index (χ3n) is 3.22. The molecule has 7 heteroatoms. The molecule has 2 amide bonds. The molecular formula is C14H18FN3O3. The number of halogens is 1. The van der Waals surface area contributed by atoms with Gasteiger partial charge in [-0.2, -0.15) is 4.39 Å². The van der Waals surface area contributed by atoms with Crippen LogP contribution in [0.4, 0.5) is 4.39 Å². The lowest BCUT2D eigenvalue weighted by atomic mass is 10.1. The SMILES string of the molecule is CCCNC(=O)C1COCCN1C(=O)c1ccc(F)nc1. The molecular weight excluding hydrogens is 277 g/mol. The number of rotatable bonds is 4. The van der Waals surface area contributed by atoms with Gasteiger partial charge < -0.3 is 15.0 Å². The fourth-order valence-corrected chi connectivity index (χ4v) is 2.10. The largest absolute Gasteiger partial charge is 0.377 e. The summed E-state index contributed by atoms with van der Waals surface area (Å²) in [6, 6.07) is 1.82. The highest BCUT2D eigenvalue weighted by atomic mass is 19.1. The molecule has 1 aromatic heterocycles. The van der Waals surface area contributed by atoms with E-state index in [-0.39, 0.29) is 24.0 Å². The number of ether oxygens (including phenoxy) is 1. The smallest absolute Gasteiger partial charge is 0.256 e. The van der Waals surface area contributed by atoms with Crippen LogP contribution in [0.15, 0.2) is 18.3 Å². The Morgan fingerprint density at radius 2 is 2.33 bits per heavy atom. The maximum Gasteiger partial charge on any atom is 0.256 e. The van der Waals surface area contributed by atoms with E-state index in [1.54, 1.807) is 0 Å². The first-order valence-corrected chi connectivity index (χ1v) is 6.91. The molecule has 21 heavy (non-hydrogen) atoms. The van der Waals surface area contributed by atoms with Crippen molar-refractivity contribution in [3.05, 3.63) is 29.8 Å². The van der Waals surface area contributed by atoms with Crippen LogP contribution in [0, 0.1) is 5.95 Å². The number of nitrogens with zero attached hydrogens (tertiary/aromatic N) is 2. The second kappa shape index (κ2) is 7.12. The normalized spacial score (nSPS) is 18.4. The van der Waals surface area contributed by atoms with Gasteiger partial charge in [0.2, 0.25) is 11.9 Å². The summed E-state index contributed by atoms with van der Waals surface area (Å²) in [5.74, 6) is -1.23. The first-order valence-electron chi connectivity index (χ1n) is 6.91. The summed E-state index contributed by atoms with van der Waals surface area (Å²) in [4.78, 5) is 29.4. The summed E-state index contributed by atoms with van der Waals surface area (Å²) in [6.45, 7) is 3.36. The van der Waals surface area contributed by atoms with Crippen LogP contribution in [0.1, 0.15) is 23.7 Å². The Morgan fingerprint density at radius 3 is 3.00 bits per heavy atom. The molecule has 0 bridgehead atoms. The van der Waals surface area contributed by atoms with Crippen molar-refractivity contribution in [3.63, 3.8) is 0 Å². The molecule has 1 aromatic rings. The lowest BCUT2D eigenvalue weighted by molar-refractivity contribution is -0.130. The van der Waals surface area contributed by atoms with Crippen molar-refractivity contribution in [1.82, 2.24) is 15.2 Å². The quantitative estimate of drug-likeness (QED) is 0.825. The molecule has 0 spiro atoms. The van der Waals surface area contributed by atoms with Crippen LogP contribution in [0.2, 0.25) is 0 Å². The first-order chi connectivity index (χ1) is 10.1. The van der Waals surface area contributed by atoms with Crippen molar-refractivity contribution in [2.45, 2.75) is 19.4 Å². The van der Waals surface area contributed by atoms with Crippen molar-refractivity contribution < 1.29 is 18.7 Å². The summed E-state index contributed by atoms with van der Waals surface area (Å²) in [5, 5.41) is 2.76. The average Bonchev–Trinajstić information content (AvgIpc) is 2.52. The highest BCUT2D eigenvalue weighted by Crippen LogP contribution is 2.12. The number of nitrogens with one attached hydrogen (secondary N) is 1. The van der Waals surface area contributed by atoms with Gasteiger partial charge in [0.25, 0.3) is 5.91 Å². The third-order valence-corrected chi connectivity index (χ3v) is 3.22. The minimum Gasteiger partial charge on any atom is -0.377 e. The Labute approximate surface area is 122 Å². The molecule has 1 atom stereocenters. The van der Waals surface area contributed by atoms with Crippen molar-refractivity contribution in [1.29, 1.82) is 0 Å². The molecule has 6 nitrogen and oxygen atoms in total. The molecule has 1 aliphatic rings. The van der Waals surface area contributed by atoms with E-state index in [4.69, 9.17) is 4.74 Å². The zero-order chi connectivity index (χ0) is 15.2. The molecule has 1 aliphatic heterocycles. The van der Waals surface area contributed by atoms with E-state index in [0.29, 0.717) is 19.7 Å². The molecule has 0 aliphatic carbocycles. The third kappa shape index (κ3) is 3.75. The Bertz CT molecular complexity index is 507. The second-order valence-electron chi connectivity index (χ2n) is 4.75. The highest BCUT2D eigenvalue weighted by Gasteiger charge is 2.33. The molecule has 1 saturated heterocycles. The van der Waals surface area contributed by atoms with E-state index >= 15 is 0 Å². The Hall–Kier alpha value is -2.02. The van der Waals surface area contributed by atoms with Gasteiger partial charge >= 0.3 is 0 Å². The lowest BCUT2D eigenvalue weighted by Crippen LogP contribution is -2.56. The van der Waals surface area contributed by atoms with Gasteiger partial charge in [-0.15, -0.1) is 0 Å². The van der Waals surface area contributed by atoms with Crippen molar-refractivity contribution >= 4 is 11.8 Å². The highest BCUT2D eigenvalue weighted by molar-refractivity contribution is 5.97. The van der Waals surface area contributed by atoms with Gasteiger partial charge in [0.05, 0.1) is 18.8 Å². The first kappa shape index (κ1) is 15.4. The van der Waals surface area contributed by atoms with Crippen LogP contribution in [-0.4, -0.2) is 54.0 Å². The fraction of sp³-hybridized carbons (Fsp3) is 0.500. The second-order valence-corrected chi connectivity index (χ2v) is 4.75. The summed E-state index contributed by atoms with van der Waals surface area (Å²) >= 11 is 0. The maximum absolute atomic E-state index is 12.8. The van der Waals surface area contributed by atoms with Crippen molar-refractivity contribution in [2.24, 2.45) is 0 Å². The number of pyridine rings is 1. The van der Waals surface area contributed by atoms with Crippen LogP contribution in [-0.2, 0) is 9.53 Å². The van der Waals surface area contributed by atoms with E-state index in [1.807, 2.05) is 6.92 Å². The molecule has 1 N–H and O–H groups in total. The number of carbonyl (C=O) groups excluding carboxylic acids is 2. The van der Waals surface area contributed by atoms with Crippen LogP contribution in [0.3, 0.4) is 0 Å². The zero-order valence-electron chi connectivity index (χ0n) is 11.8. The monoisotopic (exact) mass is 295 g/mol. The Kier molecular flexibility index (Phi) is 5.21. The van der Waals surface area contributed by atoms with E-state index < -0.39 is 12.0 Å². The molecule has 1 unspecified atom stereocenters. The molecule has 2 heterocycles. The number of amides is 2. The van der Waals surface area contributed by atoms with Gasteiger partial charge in [0, 0.05) is 19.3 Å². The van der Waals surface area contributed by atoms with E-state index in [1.165, 1.54) is 17.2 Å². The predicted molar refractivity (Wildman–Crippen MR) is 73.1 cm³/mol. The summed E-state index contributed by atoms with van der Waals surface area (Å²) in [7, 11) is 0. The van der Waals surface area contributed by atoms with Crippen LogP contribution in [0.5, 0.6) is 0 Å². The standard InChI is InChI=1S/C14H18FN3O3/c1-2-5-16-13(19)11-9-21-7-6-18(11)14(20)10-3-4-12(15)17-8-10/h3-4,8,11H,2,5-7,9H2,1H3,(H,16,19). The summed E-state index contributed by atoms with van der Waals surface area (Å²) in [5.41, 5.74) is 0.256. The van der Waals surface area contributed by atoms with Crippen LogP contribution < -0.4 is 5.32 Å². The maximum atomic E-state index is 12.8. The minimum absolute atomic E-state index is 0.163. The van der Waals surface area contributed by atoms with E-state index in [9.17, 15) is 14.0 Å². The minimum atomic E-state index is -0.664. The Balaban J connectivity index is 2.12. The van der Waals surface area contributed by atoms with Gasteiger partial charge in [-0.1, -0.05) is 6.92 Å². The van der Waals surface area contributed by atoms with E-state index in [2.05, 4.69) is 10.3 Å². The van der Waals surface area contributed by atoms with Crippen LogP contribution in [0.25, 0.3) is 0 Å². The summed E-state index contributed by atoms with van der Waals surface area (Å²) in [6.07, 6.45) is 1.99. The molecule has 114 valence electrons. The zero-order valence-corrected chi connectivity index (χ0v) is 11.8. The van der Waals surface area contributed by atoms with Gasteiger partial charge in [0.15, 0.2) is 0 Å². The topological polar surface area (TPSA) is 71.5 Å². The van der Waals surface area contributed by atoms with Crippen molar-refractivity contribution in [3.8, 4) is 0 Å². The molecule has 1 fully saturated rings. The number of morpholine rings is 1. The molecule has 0 radical (unpaired) electrons. The number of hydrogen-bond acceptors (Lipinski definition) is 4.